The summed E-state index contributed by atoms with van der Waals surface area (Å²) in [7, 11) is 0. The van der Waals surface area contributed by atoms with Gasteiger partial charge in [0.25, 0.3) is 0 Å². The van der Waals surface area contributed by atoms with Gasteiger partial charge < -0.3 is 19.8 Å². The molecule has 2 heterocycles. The van der Waals surface area contributed by atoms with Gasteiger partial charge >= 0.3 is 0 Å². The summed E-state index contributed by atoms with van der Waals surface area (Å²) < 4.78 is 10.7. The highest BCUT2D eigenvalue weighted by molar-refractivity contribution is 5.79. The third-order valence-electron chi connectivity index (χ3n) is 3.61. The van der Waals surface area contributed by atoms with Gasteiger partial charge in [-0.15, -0.1) is 0 Å². The molecule has 0 aliphatic carbocycles. The van der Waals surface area contributed by atoms with E-state index in [0.29, 0.717) is 6.54 Å². The van der Waals surface area contributed by atoms with Crippen molar-refractivity contribution in [2.24, 2.45) is 4.99 Å². The summed E-state index contributed by atoms with van der Waals surface area (Å²) >= 11 is 0. The average Bonchev–Trinajstić information content (AvgIpc) is 3.06. The van der Waals surface area contributed by atoms with E-state index in [1.807, 2.05) is 12.1 Å². The van der Waals surface area contributed by atoms with Crippen LogP contribution in [0.2, 0.25) is 0 Å². The summed E-state index contributed by atoms with van der Waals surface area (Å²) in [5, 5.41) is 6.63. The van der Waals surface area contributed by atoms with Crippen LogP contribution in [0, 0.1) is 0 Å². The number of nitrogens with zero attached hydrogens (tertiary/aromatic N) is 2. The summed E-state index contributed by atoms with van der Waals surface area (Å²) in [6.07, 6.45) is 4.02. The highest BCUT2D eigenvalue weighted by Gasteiger charge is 2.09. The van der Waals surface area contributed by atoms with E-state index in [-0.39, 0.29) is 0 Å². The van der Waals surface area contributed by atoms with E-state index < -0.39 is 0 Å². The van der Waals surface area contributed by atoms with Gasteiger partial charge in [0.05, 0.1) is 19.5 Å². The molecule has 6 heteroatoms. The van der Waals surface area contributed by atoms with E-state index >= 15 is 0 Å². The minimum absolute atomic E-state index is 0.566. The van der Waals surface area contributed by atoms with Crippen LogP contribution in [0.15, 0.2) is 27.8 Å². The first-order valence-electron chi connectivity index (χ1n) is 8.23. The van der Waals surface area contributed by atoms with Crippen LogP contribution in [-0.4, -0.2) is 56.8 Å². The second-order valence-electron chi connectivity index (χ2n) is 5.36. The van der Waals surface area contributed by atoms with Crippen molar-refractivity contribution in [2.45, 2.75) is 26.3 Å². The number of guanidine groups is 1. The van der Waals surface area contributed by atoms with Crippen molar-refractivity contribution in [1.82, 2.24) is 15.5 Å². The van der Waals surface area contributed by atoms with E-state index in [1.165, 1.54) is 6.42 Å². The maximum absolute atomic E-state index is 5.36. The Morgan fingerprint density at radius 2 is 2.14 bits per heavy atom. The lowest BCUT2D eigenvalue weighted by Crippen LogP contribution is -2.39. The van der Waals surface area contributed by atoms with Gasteiger partial charge in [0.2, 0.25) is 0 Å². The summed E-state index contributed by atoms with van der Waals surface area (Å²) in [6, 6.07) is 3.83. The molecular weight excluding hydrogens is 280 g/mol. The molecule has 1 aliphatic heterocycles. The molecule has 0 saturated carbocycles. The first-order valence-corrected chi connectivity index (χ1v) is 8.23. The number of hydrogen-bond donors (Lipinski definition) is 2. The van der Waals surface area contributed by atoms with E-state index in [9.17, 15) is 0 Å². The first-order chi connectivity index (χ1) is 10.9. The fraction of sp³-hybridized carbons (Fsp3) is 0.688. The van der Waals surface area contributed by atoms with Crippen LogP contribution in [0.5, 0.6) is 0 Å². The van der Waals surface area contributed by atoms with Crippen LogP contribution in [0.1, 0.15) is 25.5 Å². The Balaban J connectivity index is 1.60. The van der Waals surface area contributed by atoms with Crippen LogP contribution in [-0.2, 0) is 11.3 Å². The second-order valence-corrected chi connectivity index (χ2v) is 5.36. The van der Waals surface area contributed by atoms with Crippen LogP contribution in [0.25, 0.3) is 0 Å². The predicted molar refractivity (Wildman–Crippen MR) is 88.0 cm³/mol. The Morgan fingerprint density at radius 1 is 1.27 bits per heavy atom. The Labute approximate surface area is 132 Å². The topological polar surface area (TPSA) is 62.0 Å². The molecule has 0 amide bonds. The van der Waals surface area contributed by atoms with Crippen molar-refractivity contribution >= 4 is 5.96 Å². The Kier molecular flexibility index (Phi) is 7.83. The van der Waals surface area contributed by atoms with Crippen LogP contribution < -0.4 is 10.6 Å². The molecule has 0 aromatic carbocycles. The van der Waals surface area contributed by atoms with Crippen molar-refractivity contribution in [3.63, 3.8) is 0 Å². The maximum atomic E-state index is 5.36. The van der Waals surface area contributed by atoms with Crippen molar-refractivity contribution in [3.05, 3.63) is 24.2 Å². The number of rotatable bonds is 8. The van der Waals surface area contributed by atoms with E-state index in [1.54, 1.807) is 6.26 Å². The first kappa shape index (κ1) is 16.8. The number of hydrogen-bond acceptors (Lipinski definition) is 4. The zero-order chi connectivity index (χ0) is 15.5. The smallest absolute Gasteiger partial charge is 0.191 e. The molecule has 1 aromatic heterocycles. The predicted octanol–water partition coefficient (Wildman–Crippen LogP) is 1.45. The molecule has 0 bridgehead atoms. The molecule has 0 radical (unpaired) electrons. The average molecular weight is 308 g/mol. The molecule has 1 aromatic rings. The summed E-state index contributed by atoms with van der Waals surface area (Å²) in [5.41, 5.74) is 0. The lowest BCUT2D eigenvalue weighted by atomic mass is 10.3. The SMILES string of the molecule is CCNC(=NCc1ccco1)NCCCCN1CCOCC1. The van der Waals surface area contributed by atoms with Crippen LogP contribution >= 0.6 is 0 Å². The number of aliphatic imine (C=N–C) groups is 1. The van der Waals surface area contributed by atoms with Gasteiger partial charge in [-0.05, 0) is 38.4 Å². The normalized spacial score (nSPS) is 16.7. The third kappa shape index (κ3) is 6.49. The molecule has 124 valence electrons. The Bertz CT molecular complexity index is 414. The molecule has 0 unspecified atom stereocenters. The molecule has 0 atom stereocenters. The molecule has 1 fully saturated rings. The lowest BCUT2D eigenvalue weighted by molar-refractivity contribution is 0.0372. The third-order valence-corrected chi connectivity index (χ3v) is 3.61. The van der Waals surface area contributed by atoms with Gasteiger partial charge in [-0.1, -0.05) is 0 Å². The van der Waals surface area contributed by atoms with Crippen molar-refractivity contribution in [2.75, 3.05) is 45.9 Å². The Morgan fingerprint density at radius 3 is 2.86 bits per heavy atom. The number of ether oxygens (including phenoxy) is 1. The number of furan rings is 1. The van der Waals surface area contributed by atoms with Crippen LogP contribution in [0.4, 0.5) is 0 Å². The van der Waals surface area contributed by atoms with Crippen molar-refractivity contribution < 1.29 is 9.15 Å². The number of unbranched alkanes of at least 4 members (excludes halogenated alkanes) is 1. The lowest BCUT2D eigenvalue weighted by Gasteiger charge is -2.26. The fourth-order valence-electron chi connectivity index (χ4n) is 2.39. The van der Waals surface area contributed by atoms with Crippen LogP contribution in [0.3, 0.4) is 0 Å². The maximum Gasteiger partial charge on any atom is 0.191 e. The highest BCUT2D eigenvalue weighted by Crippen LogP contribution is 2.01. The highest BCUT2D eigenvalue weighted by atomic mass is 16.5. The zero-order valence-corrected chi connectivity index (χ0v) is 13.5. The summed E-state index contributed by atoms with van der Waals surface area (Å²) in [6.45, 7) is 9.49. The molecule has 1 aliphatic rings. The summed E-state index contributed by atoms with van der Waals surface area (Å²) in [4.78, 5) is 6.99. The quantitative estimate of drug-likeness (QED) is 0.432. The standard InChI is InChI=1S/C16H28N4O2/c1-2-17-16(19-14-15-6-5-11-22-15)18-7-3-4-8-20-9-12-21-13-10-20/h5-6,11H,2-4,7-10,12-14H2,1H3,(H2,17,18,19). The molecule has 6 nitrogen and oxygen atoms in total. The van der Waals surface area contributed by atoms with Gasteiger partial charge in [0.1, 0.15) is 12.3 Å². The molecule has 2 N–H and O–H groups in total. The largest absolute Gasteiger partial charge is 0.467 e. The van der Waals surface area contributed by atoms with Gasteiger partial charge in [0, 0.05) is 26.2 Å². The minimum Gasteiger partial charge on any atom is -0.467 e. The molecule has 2 rings (SSSR count). The molecule has 1 saturated heterocycles. The van der Waals surface area contributed by atoms with Crippen molar-refractivity contribution in [3.8, 4) is 0 Å². The van der Waals surface area contributed by atoms with Gasteiger partial charge in [-0.3, -0.25) is 4.90 Å². The van der Waals surface area contributed by atoms with Gasteiger partial charge in [0.15, 0.2) is 5.96 Å². The summed E-state index contributed by atoms with van der Waals surface area (Å²) in [5.74, 6) is 1.73. The Hall–Kier alpha value is -1.53. The number of morpholine rings is 1. The van der Waals surface area contributed by atoms with Gasteiger partial charge in [-0.25, -0.2) is 4.99 Å². The van der Waals surface area contributed by atoms with E-state index in [4.69, 9.17) is 9.15 Å². The minimum atomic E-state index is 0.566. The molecular formula is C16H28N4O2. The van der Waals surface area contributed by atoms with Gasteiger partial charge in [-0.2, -0.15) is 0 Å². The van der Waals surface area contributed by atoms with E-state index in [2.05, 4.69) is 27.4 Å². The van der Waals surface area contributed by atoms with E-state index in [0.717, 1.165) is 64.1 Å². The fourth-order valence-corrected chi connectivity index (χ4v) is 2.39. The second kappa shape index (κ2) is 10.2. The molecule has 22 heavy (non-hydrogen) atoms. The van der Waals surface area contributed by atoms with Crippen molar-refractivity contribution in [1.29, 1.82) is 0 Å². The number of nitrogens with one attached hydrogen (secondary N) is 2. The zero-order valence-electron chi connectivity index (χ0n) is 13.5. The molecule has 0 spiro atoms. The monoisotopic (exact) mass is 308 g/mol.